The van der Waals surface area contributed by atoms with Crippen LogP contribution in [0.1, 0.15) is 34.1 Å². The van der Waals surface area contributed by atoms with E-state index in [9.17, 15) is 0 Å². The van der Waals surface area contributed by atoms with Gasteiger partial charge in [-0.15, -0.1) is 11.3 Å². The van der Waals surface area contributed by atoms with E-state index in [1.54, 1.807) is 11.3 Å². The third-order valence-corrected chi connectivity index (χ3v) is 5.52. The van der Waals surface area contributed by atoms with Gasteiger partial charge in [-0.1, -0.05) is 44.8 Å². The summed E-state index contributed by atoms with van der Waals surface area (Å²) in [6, 6.07) is 6.63. The molecule has 5 heteroatoms. The highest BCUT2D eigenvalue weighted by Gasteiger charge is 2.17. The smallest absolute Gasteiger partial charge is 0.0949 e. The lowest BCUT2D eigenvalue weighted by atomic mass is 10.0. The molecule has 1 aromatic heterocycles. The van der Waals surface area contributed by atoms with E-state index in [1.807, 2.05) is 0 Å². The monoisotopic (exact) mass is 416 g/mol. The van der Waals surface area contributed by atoms with Crippen LogP contribution in [-0.4, -0.2) is 11.5 Å². The molecular weight excluding hydrogens is 400 g/mol. The second-order valence-electron chi connectivity index (χ2n) is 4.73. The highest BCUT2D eigenvalue weighted by atomic mass is 79.9. The van der Waals surface area contributed by atoms with Crippen molar-refractivity contribution in [3.63, 3.8) is 0 Å². The highest BCUT2D eigenvalue weighted by molar-refractivity contribution is 9.11. The first-order valence-corrected chi connectivity index (χ1v) is 9.02. The third kappa shape index (κ3) is 3.91. The lowest BCUT2D eigenvalue weighted by molar-refractivity contribution is 0.546. The van der Waals surface area contributed by atoms with Crippen LogP contribution < -0.4 is 5.32 Å². The van der Waals surface area contributed by atoms with Gasteiger partial charge >= 0.3 is 0 Å². The van der Waals surface area contributed by atoms with Crippen LogP contribution in [0.2, 0.25) is 0 Å². The zero-order valence-corrected chi connectivity index (χ0v) is 15.8. The van der Waals surface area contributed by atoms with Gasteiger partial charge in [-0.25, -0.2) is 4.98 Å². The Hall–Kier alpha value is -0.230. The van der Waals surface area contributed by atoms with Crippen molar-refractivity contribution in [1.82, 2.24) is 10.3 Å². The molecular formula is C15H18Br2N2S. The number of aromatic nitrogens is 1. The van der Waals surface area contributed by atoms with E-state index in [4.69, 9.17) is 0 Å². The Labute approximate surface area is 141 Å². The van der Waals surface area contributed by atoms with Crippen LogP contribution in [0.3, 0.4) is 0 Å². The van der Waals surface area contributed by atoms with Gasteiger partial charge in [0, 0.05) is 26.3 Å². The summed E-state index contributed by atoms with van der Waals surface area (Å²) in [5, 5.41) is 4.75. The number of thiazole rings is 1. The van der Waals surface area contributed by atoms with Gasteiger partial charge in [0.15, 0.2) is 0 Å². The van der Waals surface area contributed by atoms with Crippen LogP contribution in [-0.2, 0) is 6.42 Å². The molecule has 0 saturated heterocycles. The summed E-state index contributed by atoms with van der Waals surface area (Å²) < 4.78 is 2.21. The molecule has 1 aromatic carbocycles. The molecule has 0 aliphatic rings. The molecule has 1 N–H and O–H groups in total. The zero-order chi connectivity index (χ0) is 14.7. The average molecular weight is 418 g/mol. The van der Waals surface area contributed by atoms with E-state index >= 15 is 0 Å². The Balaban J connectivity index is 2.26. The minimum absolute atomic E-state index is 0.285. The maximum Gasteiger partial charge on any atom is 0.0949 e. The van der Waals surface area contributed by atoms with E-state index in [0.717, 1.165) is 27.6 Å². The van der Waals surface area contributed by atoms with Gasteiger partial charge in [0.05, 0.1) is 10.7 Å². The Morgan fingerprint density at radius 3 is 2.60 bits per heavy atom. The van der Waals surface area contributed by atoms with Crippen molar-refractivity contribution in [1.29, 1.82) is 0 Å². The zero-order valence-electron chi connectivity index (χ0n) is 11.8. The van der Waals surface area contributed by atoms with Gasteiger partial charge in [0.1, 0.15) is 0 Å². The largest absolute Gasteiger partial charge is 0.310 e. The number of nitrogens with zero attached hydrogens (tertiary/aromatic N) is 1. The molecule has 0 saturated carbocycles. The second kappa shape index (κ2) is 7.16. The molecule has 0 spiro atoms. The number of hydrogen-bond donors (Lipinski definition) is 1. The van der Waals surface area contributed by atoms with Gasteiger partial charge < -0.3 is 5.32 Å². The summed E-state index contributed by atoms with van der Waals surface area (Å²) in [5.74, 6) is 0. The number of nitrogens with one attached hydrogen (secondary N) is 1. The fourth-order valence-electron chi connectivity index (χ4n) is 2.12. The number of halogens is 2. The van der Waals surface area contributed by atoms with Crippen molar-refractivity contribution in [3.05, 3.63) is 48.3 Å². The third-order valence-electron chi connectivity index (χ3n) is 3.24. The molecule has 2 aromatic rings. The first kappa shape index (κ1) is 16.1. The van der Waals surface area contributed by atoms with Gasteiger partial charge in [-0.3, -0.25) is 0 Å². The Morgan fingerprint density at radius 2 is 2.05 bits per heavy atom. The summed E-state index contributed by atoms with van der Waals surface area (Å²) in [4.78, 5) is 5.97. The normalized spacial score (nSPS) is 12.7. The van der Waals surface area contributed by atoms with E-state index in [2.05, 4.69) is 81.1 Å². The van der Waals surface area contributed by atoms with E-state index < -0.39 is 0 Å². The summed E-state index contributed by atoms with van der Waals surface area (Å²) in [5.41, 5.74) is 2.43. The summed E-state index contributed by atoms with van der Waals surface area (Å²) in [7, 11) is 0. The van der Waals surface area contributed by atoms with Crippen molar-refractivity contribution in [2.75, 3.05) is 6.54 Å². The molecule has 1 atom stereocenters. The van der Waals surface area contributed by atoms with Crippen molar-refractivity contribution >= 4 is 43.2 Å². The number of benzene rings is 1. The van der Waals surface area contributed by atoms with Gasteiger partial charge in [0.25, 0.3) is 0 Å². The number of likely N-dealkylation sites (N-methyl/N-ethyl adjacent to an activating group) is 1. The van der Waals surface area contributed by atoms with Crippen LogP contribution >= 0.6 is 43.2 Å². The van der Waals surface area contributed by atoms with Crippen molar-refractivity contribution in [2.24, 2.45) is 0 Å². The van der Waals surface area contributed by atoms with E-state index in [-0.39, 0.29) is 6.04 Å². The van der Waals surface area contributed by atoms with Gasteiger partial charge in [0.2, 0.25) is 0 Å². The fraction of sp³-hybridized carbons (Fsp3) is 0.400. The molecule has 0 radical (unpaired) electrons. The van der Waals surface area contributed by atoms with Crippen LogP contribution in [0.4, 0.5) is 0 Å². The SMILES string of the molecule is CCNC(Cc1nc(C)c(C)s1)c1ccc(Br)cc1Br. The van der Waals surface area contributed by atoms with Crippen LogP contribution in [0.25, 0.3) is 0 Å². The lowest BCUT2D eigenvalue weighted by Gasteiger charge is -2.19. The molecule has 2 rings (SSSR count). The first-order chi connectivity index (χ1) is 9.51. The molecule has 1 heterocycles. The molecule has 2 nitrogen and oxygen atoms in total. The van der Waals surface area contributed by atoms with Crippen molar-refractivity contribution in [3.8, 4) is 0 Å². The van der Waals surface area contributed by atoms with Crippen LogP contribution in [0.5, 0.6) is 0 Å². The summed E-state index contributed by atoms with van der Waals surface area (Å²) >= 11 is 8.96. The number of rotatable bonds is 5. The molecule has 0 fully saturated rings. The quantitative estimate of drug-likeness (QED) is 0.724. The topological polar surface area (TPSA) is 24.9 Å². The molecule has 20 heavy (non-hydrogen) atoms. The van der Waals surface area contributed by atoms with E-state index in [1.165, 1.54) is 15.4 Å². The van der Waals surface area contributed by atoms with E-state index in [0.29, 0.717) is 0 Å². The maximum absolute atomic E-state index is 4.66. The minimum atomic E-state index is 0.285. The molecule has 0 aliphatic carbocycles. The Morgan fingerprint density at radius 1 is 1.30 bits per heavy atom. The highest BCUT2D eigenvalue weighted by Crippen LogP contribution is 2.30. The van der Waals surface area contributed by atoms with Crippen molar-refractivity contribution in [2.45, 2.75) is 33.2 Å². The molecule has 108 valence electrons. The summed E-state index contributed by atoms with van der Waals surface area (Å²) in [6.07, 6.45) is 0.924. The second-order valence-corrected chi connectivity index (χ2v) is 7.79. The van der Waals surface area contributed by atoms with Gasteiger partial charge in [-0.2, -0.15) is 0 Å². The average Bonchev–Trinajstić information content (AvgIpc) is 2.68. The standard InChI is InChI=1S/C15H18Br2N2S/c1-4-18-14(8-15-19-9(2)10(3)20-15)12-6-5-11(16)7-13(12)17/h5-7,14,18H,4,8H2,1-3H3. The predicted molar refractivity (Wildman–Crippen MR) is 93.6 cm³/mol. The van der Waals surface area contributed by atoms with Crippen LogP contribution in [0.15, 0.2) is 27.1 Å². The minimum Gasteiger partial charge on any atom is -0.310 e. The fourth-order valence-corrected chi connectivity index (χ4v) is 4.43. The molecule has 1 unspecified atom stereocenters. The van der Waals surface area contributed by atoms with Crippen molar-refractivity contribution < 1.29 is 0 Å². The first-order valence-electron chi connectivity index (χ1n) is 6.62. The van der Waals surface area contributed by atoms with Gasteiger partial charge in [-0.05, 0) is 38.1 Å². The molecule has 0 aliphatic heterocycles. The lowest BCUT2D eigenvalue weighted by Crippen LogP contribution is -2.23. The van der Waals surface area contributed by atoms with Crippen LogP contribution in [0, 0.1) is 13.8 Å². The predicted octanol–water partition coefficient (Wildman–Crippen LogP) is 5.18. The maximum atomic E-state index is 4.66. The molecule has 0 amide bonds. The Bertz CT molecular complexity index is 576. The molecule has 0 bridgehead atoms. The summed E-state index contributed by atoms with van der Waals surface area (Å²) in [6.45, 7) is 7.29. The number of aryl methyl sites for hydroxylation is 2. The number of hydrogen-bond acceptors (Lipinski definition) is 3. The Kier molecular flexibility index (Phi) is 5.78.